The largest absolute Gasteiger partial charge is 0.384 e. The number of H-pyrrole nitrogens is 1. The van der Waals surface area contributed by atoms with Crippen LogP contribution in [0.4, 0.5) is 5.82 Å². The number of nitrogen functional groups attached to an aromatic ring is 1. The zero-order chi connectivity index (χ0) is 9.10. The second-order valence-electron chi connectivity index (χ2n) is 2.29. The van der Waals surface area contributed by atoms with Crippen molar-refractivity contribution in [3.05, 3.63) is 24.5 Å². The molecule has 2 aromatic heterocycles. The van der Waals surface area contributed by atoms with Gasteiger partial charge in [0.05, 0.1) is 0 Å². The van der Waals surface area contributed by atoms with Gasteiger partial charge in [-0.25, -0.2) is 9.97 Å². The molecule has 0 aliphatic heterocycles. The number of aromatic amines is 1. The number of pyridine rings is 1. The van der Waals surface area contributed by atoms with Gasteiger partial charge in [-0.2, -0.15) is 5.10 Å². The van der Waals surface area contributed by atoms with Crippen molar-refractivity contribution < 1.29 is 0 Å². The summed E-state index contributed by atoms with van der Waals surface area (Å²) in [4.78, 5) is 8.06. The molecule has 66 valence electrons. The molecule has 0 saturated heterocycles. The van der Waals surface area contributed by atoms with E-state index in [0.717, 1.165) is 5.03 Å². The third kappa shape index (κ3) is 1.97. The Morgan fingerprint density at radius 1 is 1.38 bits per heavy atom. The van der Waals surface area contributed by atoms with Crippen LogP contribution < -0.4 is 5.73 Å². The lowest BCUT2D eigenvalue weighted by atomic mass is 10.5. The molecule has 3 N–H and O–H groups in total. The van der Waals surface area contributed by atoms with Crippen LogP contribution in [-0.4, -0.2) is 20.2 Å². The van der Waals surface area contributed by atoms with Crippen LogP contribution in [0.1, 0.15) is 0 Å². The highest BCUT2D eigenvalue weighted by Crippen LogP contribution is 2.21. The molecule has 2 heterocycles. The van der Waals surface area contributed by atoms with Gasteiger partial charge in [-0.3, -0.25) is 5.10 Å². The summed E-state index contributed by atoms with van der Waals surface area (Å²) in [6.07, 6.45) is 1.45. The summed E-state index contributed by atoms with van der Waals surface area (Å²) >= 11 is 1.39. The third-order valence-corrected chi connectivity index (χ3v) is 2.17. The molecule has 0 saturated carbocycles. The van der Waals surface area contributed by atoms with Crippen LogP contribution >= 0.6 is 11.8 Å². The summed E-state index contributed by atoms with van der Waals surface area (Å²) in [5.74, 6) is 0.504. The first kappa shape index (κ1) is 8.06. The van der Waals surface area contributed by atoms with Gasteiger partial charge in [0.25, 0.3) is 0 Å². The van der Waals surface area contributed by atoms with E-state index in [-0.39, 0.29) is 0 Å². The number of anilines is 1. The molecule has 2 rings (SSSR count). The first-order valence-corrected chi connectivity index (χ1v) is 4.42. The summed E-state index contributed by atoms with van der Waals surface area (Å²) in [6, 6.07) is 5.45. The Hall–Kier alpha value is -1.56. The van der Waals surface area contributed by atoms with Crippen molar-refractivity contribution in [2.75, 3.05) is 5.73 Å². The number of nitrogens with one attached hydrogen (secondary N) is 1. The molecule has 0 unspecified atom stereocenters. The number of hydrogen-bond acceptors (Lipinski definition) is 5. The fourth-order valence-electron chi connectivity index (χ4n) is 0.830. The molecule has 0 fully saturated rings. The van der Waals surface area contributed by atoms with Gasteiger partial charge in [0, 0.05) is 0 Å². The summed E-state index contributed by atoms with van der Waals surface area (Å²) in [5.41, 5.74) is 5.52. The van der Waals surface area contributed by atoms with Gasteiger partial charge in [0.1, 0.15) is 17.2 Å². The van der Waals surface area contributed by atoms with E-state index in [0.29, 0.717) is 11.0 Å². The van der Waals surface area contributed by atoms with Gasteiger partial charge in [-0.15, -0.1) is 0 Å². The highest BCUT2D eigenvalue weighted by Gasteiger charge is 2.00. The van der Waals surface area contributed by atoms with Gasteiger partial charge in [0.15, 0.2) is 5.16 Å². The molecule has 0 bridgehead atoms. The summed E-state index contributed by atoms with van der Waals surface area (Å²) in [7, 11) is 0. The van der Waals surface area contributed by atoms with E-state index in [4.69, 9.17) is 5.73 Å². The normalized spacial score (nSPS) is 10.2. The Balaban J connectivity index is 2.19. The van der Waals surface area contributed by atoms with Crippen LogP contribution in [-0.2, 0) is 0 Å². The smallest absolute Gasteiger partial charge is 0.189 e. The Kier molecular flexibility index (Phi) is 2.13. The van der Waals surface area contributed by atoms with Crippen molar-refractivity contribution in [1.29, 1.82) is 0 Å². The SMILES string of the molecule is Nc1cccc(Sc2ncn[nH]2)n1. The first-order valence-electron chi connectivity index (χ1n) is 3.60. The maximum atomic E-state index is 5.52. The zero-order valence-electron chi connectivity index (χ0n) is 6.64. The topological polar surface area (TPSA) is 80.5 Å². The van der Waals surface area contributed by atoms with Crippen LogP contribution in [0.5, 0.6) is 0 Å². The van der Waals surface area contributed by atoms with Crippen molar-refractivity contribution in [3.8, 4) is 0 Å². The van der Waals surface area contributed by atoms with Crippen molar-refractivity contribution in [1.82, 2.24) is 20.2 Å². The average Bonchev–Trinajstić information content (AvgIpc) is 2.57. The molecule has 0 radical (unpaired) electrons. The molecular weight excluding hydrogens is 186 g/mol. The minimum Gasteiger partial charge on any atom is -0.384 e. The van der Waals surface area contributed by atoms with Crippen LogP contribution in [0.2, 0.25) is 0 Å². The van der Waals surface area contributed by atoms with Crippen LogP contribution in [0.25, 0.3) is 0 Å². The van der Waals surface area contributed by atoms with E-state index in [1.165, 1.54) is 18.1 Å². The van der Waals surface area contributed by atoms with E-state index in [1.807, 2.05) is 12.1 Å². The van der Waals surface area contributed by atoms with Crippen molar-refractivity contribution >= 4 is 17.6 Å². The first-order chi connectivity index (χ1) is 6.34. The molecule has 6 heteroatoms. The molecule has 0 atom stereocenters. The Morgan fingerprint density at radius 3 is 3.00 bits per heavy atom. The van der Waals surface area contributed by atoms with Gasteiger partial charge in [0.2, 0.25) is 0 Å². The van der Waals surface area contributed by atoms with E-state index in [9.17, 15) is 0 Å². The van der Waals surface area contributed by atoms with Crippen molar-refractivity contribution in [3.63, 3.8) is 0 Å². The van der Waals surface area contributed by atoms with Gasteiger partial charge in [-0.05, 0) is 23.9 Å². The molecule has 0 amide bonds. The van der Waals surface area contributed by atoms with E-state index >= 15 is 0 Å². The lowest BCUT2D eigenvalue weighted by Gasteiger charge is -1.96. The Morgan fingerprint density at radius 2 is 2.31 bits per heavy atom. The van der Waals surface area contributed by atoms with Gasteiger partial charge >= 0.3 is 0 Å². The zero-order valence-corrected chi connectivity index (χ0v) is 7.45. The predicted molar refractivity (Wildman–Crippen MR) is 49.2 cm³/mol. The number of nitrogens with two attached hydrogens (primary N) is 1. The fraction of sp³-hybridized carbons (Fsp3) is 0. The molecule has 0 spiro atoms. The molecule has 0 aliphatic carbocycles. The number of nitrogens with zero attached hydrogens (tertiary/aromatic N) is 3. The molecular formula is C7H7N5S. The second-order valence-corrected chi connectivity index (χ2v) is 3.30. The van der Waals surface area contributed by atoms with E-state index < -0.39 is 0 Å². The molecule has 2 aromatic rings. The lowest BCUT2D eigenvalue weighted by Crippen LogP contribution is -1.90. The summed E-state index contributed by atoms with van der Waals surface area (Å²) in [6.45, 7) is 0. The lowest BCUT2D eigenvalue weighted by molar-refractivity contribution is 0.968. The minimum atomic E-state index is 0.504. The van der Waals surface area contributed by atoms with E-state index in [2.05, 4.69) is 20.2 Å². The van der Waals surface area contributed by atoms with Crippen molar-refractivity contribution in [2.45, 2.75) is 10.2 Å². The van der Waals surface area contributed by atoms with Gasteiger partial charge in [-0.1, -0.05) is 6.07 Å². The average molecular weight is 193 g/mol. The van der Waals surface area contributed by atoms with Crippen molar-refractivity contribution in [2.24, 2.45) is 0 Å². The summed E-state index contributed by atoms with van der Waals surface area (Å²) in [5, 5.41) is 7.96. The van der Waals surface area contributed by atoms with Crippen LogP contribution in [0.15, 0.2) is 34.7 Å². The standard InChI is InChI=1S/C7H7N5S/c8-5-2-1-3-6(11-5)13-7-9-4-10-12-7/h1-4H,(H2,8,11)(H,9,10,12). The Bertz CT molecular complexity index is 386. The second kappa shape index (κ2) is 3.44. The highest BCUT2D eigenvalue weighted by atomic mass is 32.2. The monoisotopic (exact) mass is 193 g/mol. The number of aromatic nitrogens is 4. The Labute approximate surface area is 78.8 Å². The molecule has 13 heavy (non-hydrogen) atoms. The maximum Gasteiger partial charge on any atom is 0.189 e. The quantitative estimate of drug-likeness (QED) is 0.741. The minimum absolute atomic E-state index is 0.504. The number of hydrogen-bond donors (Lipinski definition) is 2. The maximum absolute atomic E-state index is 5.52. The van der Waals surface area contributed by atoms with Gasteiger partial charge < -0.3 is 5.73 Å². The third-order valence-electron chi connectivity index (χ3n) is 1.34. The molecule has 0 aliphatic rings. The molecule has 5 nitrogen and oxygen atoms in total. The number of rotatable bonds is 2. The van der Waals surface area contributed by atoms with E-state index in [1.54, 1.807) is 6.07 Å². The fourth-order valence-corrected chi connectivity index (χ4v) is 1.52. The van der Waals surface area contributed by atoms with Crippen LogP contribution in [0, 0.1) is 0 Å². The van der Waals surface area contributed by atoms with Crippen LogP contribution in [0.3, 0.4) is 0 Å². The molecule has 0 aromatic carbocycles. The highest BCUT2D eigenvalue weighted by molar-refractivity contribution is 7.99. The predicted octanol–water partition coefficient (Wildman–Crippen LogP) is 0.933. The summed E-state index contributed by atoms with van der Waals surface area (Å²) < 4.78 is 0.